The molecule has 0 aromatic heterocycles. The molecule has 86 valence electrons. The highest BCUT2D eigenvalue weighted by Crippen LogP contribution is 2.69. The lowest BCUT2D eigenvalue weighted by molar-refractivity contribution is 0.121. The number of rotatable bonds is 6. The van der Waals surface area contributed by atoms with Crippen LogP contribution in [0.4, 0.5) is 0 Å². The van der Waals surface area contributed by atoms with Gasteiger partial charge in [0.25, 0.3) is 5.08 Å². The van der Waals surface area contributed by atoms with E-state index in [4.69, 9.17) is 30.6 Å². The van der Waals surface area contributed by atoms with Crippen LogP contribution >= 0.6 is 15.2 Å². The highest BCUT2D eigenvalue weighted by atomic mass is 31.2. The largest absolute Gasteiger partial charge is 0.369 e. The van der Waals surface area contributed by atoms with E-state index in [0.29, 0.717) is 0 Å². The minimum absolute atomic E-state index is 1.01. The summed E-state index contributed by atoms with van der Waals surface area (Å²) in [6.07, 6.45) is -8.91. The first-order chi connectivity index (χ1) is 9.19. The first-order valence-corrected chi connectivity index (χ1v) is 6.03. The lowest BCUT2D eigenvalue weighted by Crippen LogP contribution is -2.29. The molecule has 0 heterocycles. The molecule has 0 aromatic rings. The molecule has 0 unspecified atom stereocenters. The molecule has 0 atom stereocenters. The van der Waals surface area contributed by atoms with E-state index in [1.54, 1.807) is 0 Å². The van der Waals surface area contributed by atoms with Gasteiger partial charge in [-0.15, -0.1) is 0 Å². The maximum atomic E-state index is 11.2. The molecule has 8 nitrogen and oxygen atoms in total. The van der Waals surface area contributed by atoms with E-state index in [1.807, 2.05) is 0 Å². The van der Waals surface area contributed by atoms with Crippen LogP contribution in [-0.2, 0) is 9.13 Å². The van der Waals surface area contributed by atoms with Gasteiger partial charge >= 0.3 is 15.2 Å². The first kappa shape index (κ1) is 5.52. The van der Waals surface area contributed by atoms with E-state index in [-0.39, 0.29) is 0 Å². The summed E-state index contributed by atoms with van der Waals surface area (Å²) in [5, 5.41) is 4.70. The van der Waals surface area contributed by atoms with Crippen molar-refractivity contribution in [3.05, 3.63) is 0 Å². The number of aliphatic hydroxyl groups is 1. The van der Waals surface area contributed by atoms with Gasteiger partial charge in [0.05, 0.1) is 0 Å². The van der Waals surface area contributed by atoms with Crippen LogP contribution in [0.5, 0.6) is 0 Å². The van der Waals surface area contributed by atoms with Gasteiger partial charge in [0.15, 0.2) is 0 Å². The summed E-state index contributed by atoms with van der Waals surface area (Å²) in [6.45, 7) is -3.95. The van der Waals surface area contributed by atoms with E-state index in [9.17, 15) is 14.2 Å². The van der Waals surface area contributed by atoms with Gasteiger partial charge in [-0.3, -0.25) is 9.13 Å². The van der Waals surface area contributed by atoms with Crippen molar-refractivity contribution in [1.29, 1.82) is 0 Å². The van der Waals surface area contributed by atoms with Crippen molar-refractivity contribution in [2.45, 2.75) is 17.8 Å². The first-order valence-electron chi connectivity index (χ1n) is 6.70. The van der Waals surface area contributed by atoms with Crippen molar-refractivity contribution >= 4 is 15.2 Å². The monoisotopic (exact) mass is 257 g/mol. The van der Waals surface area contributed by atoms with Crippen molar-refractivity contribution in [2.75, 3.05) is 6.50 Å². The van der Waals surface area contributed by atoms with Gasteiger partial charge < -0.3 is 30.4 Å². The third kappa shape index (κ3) is 2.85. The van der Waals surface area contributed by atoms with Crippen LogP contribution in [0, 0.1) is 0 Å². The van der Waals surface area contributed by atoms with Gasteiger partial charge in [0.2, 0.25) is 0 Å². The fourth-order valence-corrected chi connectivity index (χ4v) is 2.19. The zero-order chi connectivity index (χ0) is 18.6. The zero-order valence-corrected chi connectivity index (χ0v) is 8.18. The highest BCUT2D eigenvalue weighted by molar-refractivity contribution is 7.72. The molecule has 0 bridgehead atoms. The Balaban J connectivity index is 6.65. The molecular weight excluding hydrogens is 236 g/mol. The normalized spacial score (nSPS) is 26.1. The average molecular weight is 257 g/mol. The second-order valence-corrected chi connectivity index (χ2v) is 5.91. The maximum Gasteiger partial charge on any atom is 0.369 e. The van der Waals surface area contributed by atoms with Gasteiger partial charge in [0, 0.05) is 14.6 Å². The molecule has 7 N–H and O–H groups in total. The minimum Gasteiger partial charge on any atom is -0.368 e. The molecule has 0 saturated carbocycles. The van der Waals surface area contributed by atoms with Crippen LogP contribution in [0.2, 0.25) is 2.82 Å². The van der Waals surface area contributed by atoms with Crippen molar-refractivity contribution in [3.63, 3.8) is 0 Å². The maximum absolute atomic E-state index is 11.2. The number of hydrogen-bond donors (Lipinski definition) is 6. The van der Waals surface area contributed by atoms with Gasteiger partial charge in [-0.05, 0) is 12.9 Å². The Morgan fingerprint density at radius 3 is 2.00 bits per heavy atom. The quantitative estimate of drug-likeness (QED) is 0.321. The molecule has 0 aromatic carbocycles. The Labute approximate surface area is 91.4 Å². The fraction of sp³-hybridized carbons (Fsp3) is 1.00. The van der Waals surface area contributed by atoms with E-state index >= 15 is 0 Å². The van der Waals surface area contributed by atoms with E-state index < -0.39 is 45.2 Å². The van der Waals surface area contributed by atoms with Crippen LogP contribution in [0.15, 0.2) is 0 Å². The van der Waals surface area contributed by atoms with Crippen molar-refractivity contribution in [2.24, 2.45) is 5.72 Å². The van der Waals surface area contributed by atoms with Gasteiger partial charge in [-0.25, -0.2) is 0 Å². The van der Waals surface area contributed by atoms with E-state index in [1.165, 1.54) is 0 Å². The molecule has 0 aliphatic carbocycles. The highest BCUT2D eigenvalue weighted by Gasteiger charge is 2.58. The van der Waals surface area contributed by atoms with Crippen molar-refractivity contribution in [3.8, 4) is 0 Å². The van der Waals surface area contributed by atoms with Crippen LogP contribution in [0.1, 0.15) is 21.0 Å². The molecule has 0 amide bonds. The molecule has 0 aliphatic heterocycles. The summed E-state index contributed by atoms with van der Waals surface area (Å²) < 4.78 is 79.1. The minimum atomic E-state index is -6.46. The Hall–Kier alpha value is 0.220. The van der Waals surface area contributed by atoms with E-state index in [0.717, 1.165) is 0 Å². The molecule has 0 spiro atoms. The smallest absolute Gasteiger partial charge is 0.368 e. The Morgan fingerprint density at radius 1 is 1.29 bits per heavy atom. The predicted molar refractivity (Wildman–Crippen MR) is 47.3 cm³/mol. The zero-order valence-electron chi connectivity index (χ0n) is 14.4. The SMILES string of the molecule is [2H]N([2H])C([2H])([2H])C([2H])([2H])C([2H])([2H])C(O)(P(=O)(O)O)P(=O)(O)O. The molecule has 0 aliphatic rings. The van der Waals surface area contributed by atoms with Crippen molar-refractivity contribution < 1.29 is 44.9 Å². The average Bonchev–Trinajstić information content (AvgIpc) is 2.23. The summed E-state index contributed by atoms with van der Waals surface area (Å²) in [5.41, 5.74) is -1.01. The Kier molecular flexibility index (Phi) is 1.73. The van der Waals surface area contributed by atoms with Crippen LogP contribution in [0.3, 0.4) is 0 Å². The molecule has 14 heavy (non-hydrogen) atoms. The second kappa shape index (κ2) is 4.38. The Morgan fingerprint density at radius 2 is 1.71 bits per heavy atom. The molecule has 0 radical (unpaired) electrons. The predicted octanol–water partition coefficient (Wildman–Crippen LogP) is -1.27. The van der Waals surface area contributed by atoms with Crippen LogP contribution in [-0.4, -0.2) is 36.3 Å². The third-order valence-corrected chi connectivity index (χ3v) is 4.51. The number of hydrogen-bond acceptors (Lipinski definition) is 4. The lowest BCUT2D eigenvalue weighted by Gasteiger charge is -2.28. The molecule has 0 saturated heterocycles. The van der Waals surface area contributed by atoms with Crippen LogP contribution < -0.4 is 5.72 Å². The molecular formula is C4H13NO7P2. The molecule has 0 fully saturated rings. The fourth-order valence-electron chi connectivity index (χ4n) is 0.427. The molecule has 10 heteroatoms. The summed E-state index contributed by atoms with van der Waals surface area (Å²) in [6, 6.07) is 0. The second-order valence-electron chi connectivity index (χ2n) is 2.09. The topological polar surface area (TPSA) is 161 Å². The van der Waals surface area contributed by atoms with Crippen LogP contribution in [0.25, 0.3) is 0 Å². The number of nitrogens with two attached hydrogens (primary N) is 1. The third-order valence-electron chi connectivity index (χ3n) is 1.10. The summed E-state index contributed by atoms with van der Waals surface area (Å²) in [5.74, 6) is 0. The van der Waals surface area contributed by atoms with Gasteiger partial charge in [0.1, 0.15) is 2.82 Å². The Bertz CT molecular complexity index is 505. The van der Waals surface area contributed by atoms with Crippen molar-refractivity contribution in [1.82, 2.24) is 0 Å². The van der Waals surface area contributed by atoms with Gasteiger partial charge in [-0.2, -0.15) is 0 Å². The molecule has 0 rings (SSSR count). The van der Waals surface area contributed by atoms with E-state index in [2.05, 4.69) is 0 Å². The summed E-state index contributed by atoms with van der Waals surface area (Å²) >= 11 is 0. The summed E-state index contributed by atoms with van der Waals surface area (Å²) in [4.78, 5) is 35.6. The summed E-state index contributed by atoms with van der Waals surface area (Å²) in [7, 11) is -12.9. The van der Waals surface area contributed by atoms with Gasteiger partial charge in [-0.1, -0.05) is 0 Å². The lowest BCUT2D eigenvalue weighted by atomic mass is 10.3. The standard InChI is InChI=1S/C4H13NO7P2/c5-3-1-2-4(6,13(7,8)9)14(10,11)12/h6H,1-3,5H2,(H2,7,8,9)(H2,10,11,12)/i1D2,2D2,3D2/hD2.